The highest BCUT2D eigenvalue weighted by Crippen LogP contribution is 2.27. The van der Waals surface area contributed by atoms with E-state index in [2.05, 4.69) is 4.98 Å². The third-order valence-electron chi connectivity index (χ3n) is 4.37. The average molecular weight is 385 g/mol. The summed E-state index contributed by atoms with van der Waals surface area (Å²) in [6, 6.07) is 27.3. The van der Waals surface area contributed by atoms with Gasteiger partial charge in [-0.1, -0.05) is 60.7 Å². The summed E-state index contributed by atoms with van der Waals surface area (Å²) in [6.45, 7) is 0.482. The molecule has 3 nitrogen and oxygen atoms in total. The summed E-state index contributed by atoms with van der Waals surface area (Å²) < 4.78 is 5.84. The van der Waals surface area contributed by atoms with Crippen LogP contribution in [-0.4, -0.2) is 16.5 Å². The van der Waals surface area contributed by atoms with E-state index in [9.17, 15) is 4.79 Å². The number of para-hydroxylation sites is 1. The number of hydrogen-bond acceptors (Lipinski definition) is 4. The Bertz CT molecular complexity index is 1090. The monoisotopic (exact) mass is 385 g/mol. The van der Waals surface area contributed by atoms with Crippen molar-refractivity contribution in [3.05, 3.63) is 102 Å². The van der Waals surface area contributed by atoms with Gasteiger partial charge in [0.1, 0.15) is 12.4 Å². The highest BCUT2D eigenvalue weighted by Gasteiger charge is 2.10. The Hall–Kier alpha value is -3.11. The van der Waals surface area contributed by atoms with E-state index in [1.807, 2.05) is 84.9 Å². The van der Waals surface area contributed by atoms with Gasteiger partial charge < -0.3 is 4.74 Å². The number of hydrogen-bond donors (Lipinski definition) is 0. The third kappa shape index (κ3) is 4.41. The Kier molecular flexibility index (Phi) is 5.69. The predicted molar refractivity (Wildman–Crippen MR) is 114 cm³/mol. The predicted octanol–water partition coefficient (Wildman–Crippen LogP) is 5.79. The summed E-state index contributed by atoms with van der Waals surface area (Å²) in [7, 11) is 0. The van der Waals surface area contributed by atoms with Crippen molar-refractivity contribution in [1.29, 1.82) is 0 Å². The van der Waals surface area contributed by atoms with Crippen LogP contribution in [0.5, 0.6) is 5.75 Å². The molecule has 0 aliphatic rings. The van der Waals surface area contributed by atoms with Crippen LogP contribution in [0.15, 0.2) is 96.0 Å². The van der Waals surface area contributed by atoms with Crippen molar-refractivity contribution in [1.82, 2.24) is 4.98 Å². The van der Waals surface area contributed by atoms with Gasteiger partial charge in [-0.25, -0.2) is 0 Å². The fourth-order valence-electron chi connectivity index (χ4n) is 2.92. The Morgan fingerprint density at radius 2 is 1.71 bits per heavy atom. The summed E-state index contributed by atoms with van der Waals surface area (Å²) in [5.41, 5.74) is 2.70. The van der Waals surface area contributed by atoms with Crippen LogP contribution in [-0.2, 0) is 6.61 Å². The summed E-state index contributed by atoms with van der Waals surface area (Å²) in [6.07, 6.45) is 1.78. The van der Waals surface area contributed by atoms with Gasteiger partial charge in [-0.2, -0.15) is 0 Å². The molecule has 1 aromatic heterocycles. The number of carbonyl (C=O) groups excluding carboxylic acids is 1. The molecule has 138 valence electrons. The molecule has 0 aliphatic carbocycles. The lowest BCUT2D eigenvalue weighted by molar-refractivity contribution is 0.102. The lowest BCUT2D eigenvalue weighted by Gasteiger charge is -2.08. The second-order valence-corrected chi connectivity index (χ2v) is 7.36. The van der Waals surface area contributed by atoms with Gasteiger partial charge in [0, 0.05) is 22.0 Å². The summed E-state index contributed by atoms with van der Waals surface area (Å²) in [5.74, 6) is 1.15. The first-order chi connectivity index (χ1) is 13.8. The minimum Gasteiger partial charge on any atom is -0.489 e. The molecule has 3 aromatic carbocycles. The Balaban J connectivity index is 1.42. The van der Waals surface area contributed by atoms with Crippen molar-refractivity contribution in [2.45, 2.75) is 11.5 Å². The molecule has 0 N–H and O–H groups in total. The highest BCUT2D eigenvalue weighted by atomic mass is 32.2. The molecule has 0 fully saturated rings. The van der Waals surface area contributed by atoms with Crippen LogP contribution in [0.25, 0.3) is 10.9 Å². The van der Waals surface area contributed by atoms with E-state index in [0.717, 1.165) is 21.4 Å². The minimum atomic E-state index is 0.0797. The zero-order chi connectivity index (χ0) is 19.2. The van der Waals surface area contributed by atoms with E-state index in [0.29, 0.717) is 23.7 Å². The van der Waals surface area contributed by atoms with Gasteiger partial charge in [-0.3, -0.25) is 9.78 Å². The van der Waals surface area contributed by atoms with Crippen LogP contribution in [0.4, 0.5) is 0 Å². The second-order valence-electron chi connectivity index (χ2n) is 6.34. The molecule has 1 heterocycles. The molecule has 0 radical (unpaired) electrons. The number of rotatable bonds is 7. The van der Waals surface area contributed by atoms with E-state index in [4.69, 9.17) is 4.74 Å². The number of ketones is 1. The fourth-order valence-corrected chi connectivity index (χ4v) is 3.86. The number of benzene rings is 3. The zero-order valence-corrected chi connectivity index (χ0v) is 16.1. The average Bonchev–Trinajstić information content (AvgIpc) is 2.77. The van der Waals surface area contributed by atoms with Gasteiger partial charge >= 0.3 is 0 Å². The number of nitrogens with zero attached hydrogens (tertiary/aromatic N) is 1. The Morgan fingerprint density at radius 1 is 0.893 bits per heavy atom. The lowest BCUT2D eigenvalue weighted by Crippen LogP contribution is -2.03. The standard InChI is InChI=1S/C24H19NO2S/c26-23(17-28-24-13-14-25-22-12-5-4-11-21(22)24)19-9-6-10-20(15-19)27-16-18-7-2-1-3-8-18/h1-15H,16-17H2. The number of ether oxygens (including phenoxy) is 1. The van der Waals surface area contributed by atoms with E-state index >= 15 is 0 Å². The maximum absolute atomic E-state index is 12.7. The molecular weight excluding hydrogens is 366 g/mol. The molecule has 0 unspecified atom stereocenters. The van der Waals surface area contributed by atoms with E-state index in [-0.39, 0.29) is 5.78 Å². The van der Waals surface area contributed by atoms with Crippen molar-refractivity contribution in [2.24, 2.45) is 0 Å². The maximum atomic E-state index is 12.7. The lowest BCUT2D eigenvalue weighted by atomic mass is 10.1. The molecule has 0 spiro atoms. The molecule has 0 aliphatic heterocycles. The van der Waals surface area contributed by atoms with Crippen LogP contribution in [0.2, 0.25) is 0 Å². The number of Topliss-reactive ketones (excluding diaryl/α,β-unsaturated/α-hetero) is 1. The summed E-state index contributed by atoms with van der Waals surface area (Å²) in [4.78, 5) is 18.1. The van der Waals surface area contributed by atoms with Crippen LogP contribution in [0.3, 0.4) is 0 Å². The Labute approximate surface area is 168 Å². The zero-order valence-electron chi connectivity index (χ0n) is 15.2. The van der Waals surface area contributed by atoms with Gasteiger partial charge in [0.15, 0.2) is 5.78 Å². The van der Waals surface area contributed by atoms with Crippen molar-refractivity contribution in [3.8, 4) is 5.75 Å². The van der Waals surface area contributed by atoms with Crippen LogP contribution in [0.1, 0.15) is 15.9 Å². The molecule has 0 atom stereocenters. The van der Waals surface area contributed by atoms with Gasteiger partial charge in [0.05, 0.1) is 11.3 Å². The first kappa shape index (κ1) is 18.3. The fraction of sp³-hybridized carbons (Fsp3) is 0.0833. The number of pyridine rings is 1. The van der Waals surface area contributed by atoms with Gasteiger partial charge in [0.2, 0.25) is 0 Å². The van der Waals surface area contributed by atoms with Crippen LogP contribution >= 0.6 is 11.8 Å². The largest absolute Gasteiger partial charge is 0.489 e. The molecule has 0 amide bonds. The Morgan fingerprint density at radius 3 is 2.61 bits per heavy atom. The molecule has 4 heteroatoms. The first-order valence-electron chi connectivity index (χ1n) is 9.06. The van der Waals surface area contributed by atoms with E-state index in [1.54, 1.807) is 6.20 Å². The number of fused-ring (bicyclic) bond motifs is 1. The third-order valence-corrected chi connectivity index (χ3v) is 5.45. The number of aromatic nitrogens is 1. The van der Waals surface area contributed by atoms with Crippen molar-refractivity contribution < 1.29 is 9.53 Å². The molecular formula is C24H19NO2S. The quantitative estimate of drug-likeness (QED) is 0.298. The highest BCUT2D eigenvalue weighted by molar-refractivity contribution is 8.00. The normalized spacial score (nSPS) is 10.7. The molecule has 28 heavy (non-hydrogen) atoms. The number of carbonyl (C=O) groups is 1. The first-order valence-corrected chi connectivity index (χ1v) is 10.0. The SMILES string of the molecule is O=C(CSc1ccnc2ccccc12)c1cccc(OCc2ccccc2)c1. The van der Waals surface area contributed by atoms with Gasteiger partial charge in [-0.15, -0.1) is 11.8 Å². The molecule has 0 saturated heterocycles. The van der Waals surface area contributed by atoms with Gasteiger partial charge in [0.25, 0.3) is 0 Å². The molecule has 4 aromatic rings. The van der Waals surface area contributed by atoms with Crippen LogP contribution < -0.4 is 4.74 Å². The van der Waals surface area contributed by atoms with Crippen molar-refractivity contribution >= 4 is 28.4 Å². The van der Waals surface area contributed by atoms with E-state index in [1.165, 1.54) is 11.8 Å². The summed E-state index contributed by atoms with van der Waals surface area (Å²) >= 11 is 1.54. The van der Waals surface area contributed by atoms with Gasteiger partial charge in [-0.05, 0) is 29.8 Å². The summed E-state index contributed by atoms with van der Waals surface area (Å²) in [5, 5.41) is 1.07. The molecule has 0 saturated carbocycles. The molecule has 4 rings (SSSR count). The maximum Gasteiger partial charge on any atom is 0.173 e. The van der Waals surface area contributed by atoms with E-state index < -0.39 is 0 Å². The van der Waals surface area contributed by atoms with Crippen LogP contribution in [0, 0.1) is 0 Å². The van der Waals surface area contributed by atoms with Crippen molar-refractivity contribution in [2.75, 3.05) is 5.75 Å². The van der Waals surface area contributed by atoms with Crippen molar-refractivity contribution in [3.63, 3.8) is 0 Å². The number of thioether (sulfide) groups is 1. The topological polar surface area (TPSA) is 39.2 Å². The molecule has 0 bridgehead atoms. The minimum absolute atomic E-state index is 0.0797. The second kappa shape index (κ2) is 8.72. The smallest absolute Gasteiger partial charge is 0.173 e.